The summed E-state index contributed by atoms with van der Waals surface area (Å²) in [5.74, 6) is -0.438. The van der Waals surface area contributed by atoms with E-state index in [0.29, 0.717) is 11.5 Å². The van der Waals surface area contributed by atoms with Gasteiger partial charge >= 0.3 is 12.1 Å². The van der Waals surface area contributed by atoms with Gasteiger partial charge in [0.1, 0.15) is 0 Å². The summed E-state index contributed by atoms with van der Waals surface area (Å²) in [6, 6.07) is 3.88. The lowest BCUT2D eigenvalue weighted by atomic mass is 9.82. The maximum absolute atomic E-state index is 12.8. The Labute approximate surface area is 165 Å². The topological polar surface area (TPSA) is 92.2 Å². The zero-order valence-electron chi connectivity index (χ0n) is 15.3. The van der Waals surface area contributed by atoms with Crippen LogP contribution in [0.25, 0.3) is 11.5 Å². The molecular weight excluding hydrogens is 401 g/mol. The lowest BCUT2D eigenvalue weighted by molar-refractivity contribution is -0.274. The Bertz CT molecular complexity index is 840. The van der Waals surface area contributed by atoms with Crippen molar-refractivity contribution in [3.63, 3.8) is 0 Å². The summed E-state index contributed by atoms with van der Waals surface area (Å²) in [6.45, 7) is 5.77. The highest BCUT2D eigenvalue weighted by Gasteiger charge is 2.33. The molecule has 1 saturated heterocycles. The monoisotopic (exact) mass is 422 g/mol. The van der Waals surface area contributed by atoms with Crippen molar-refractivity contribution in [2.75, 3.05) is 18.4 Å². The van der Waals surface area contributed by atoms with E-state index in [0.717, 1.165) is 19.5 Å². The van der Waals surface area contributed by atoms with Crippen LogP contribution in [0.2, 0.25) is 0 Å². The highest BCUT2D eigenvalue weighted by atomic mass is 35.5. The van der Waals surface area contributed by atoms with Crippen LogP contribution >= 0.6 is 12.4 Å². The predicted molar refractivity (Wildman–Crippen MR) is 99.7 cm³/mol. The van der Waals surface area contributed by atoms with Crippen LogP contribution in [0.5, 0.6) is 5.75 Å². The summed E-state index contributed by atoms with van der Waals surface area (Å²) in [4.78, 5) is 11.1. The number of ether oxygens (including phenoxy) is 1. The molecule has 1 fully saturated rings. The molecule has 0 bridgehead atoms. The van der Waals surface area contributed by atoms with E-state index < -0.39 is 12.1 Å². The van der Waals surface area contributed by atoms with Gasteiger partial charge in [0.2, 0.25) is 5.89 Å². The zero-order chi connectivity index (χ0) is 19.6. The quantitative estimate of drug-likeness (QED) is 0.684. The Hall–Kier alpha value is -2.20. The van der Waals surface area contributed by atoms with Gasteiger partial charge in [0.25, 0.3) is 0 Å². The molecule has 3 atom stereocenters. The Morgan fingerprint density at radius 3 is 2.75 bits per heavy atom. The van der Waals surface area contributed by atoms with Gasteiger partial charge in [-0.05, 0) is 56.5 Å². The van der Waals surface area contributed by atoms with E-state index in [4.69, 9.17) is 4.42 Å². The SMILES string of the molecule is CC(Nc1cc(-c2n[nH]c(=O)o2)ccc1OC(F)(F)F)[C@H]1CCNC[C@H]1C.Cl. The van der Waals surface area contributed by atoms with Gasteiger partial charge in [-0.3, -0.25) is 0 Å². The molecule has 1 aliphatic heterocycles. The largest absolute Gasteiger partial charge is 0.573 e. The molecule has 0 aliphatic carbocycles. The number of H-pyrrole nitrogens is 1. The highest BCUT2D eigenvalue weighted by molar-refractivity contribution is 5.85. The molecular formula is C17H22ClF3N4O3. The molecule has 2 aromatic rings. The van der Waals surface area contributed by atoms with Gasteiger partial charge in [0.15, 0.2) is 5.75 Å². The van der Waals surface area contributed by atoms with Gasteiger partial charge in [-0.25, -0.2) is 9.89 Å². The van der Waals surface area contributed by atoms with Crippen LogP contribution in [-0.4, -0.2) is 35.7 Å². The average molecular weight is 423 g/mol. The van der Waals surface area contributed by atoms with E-state index in [9.17, 15) is 18.0 Å². The number of alkyl halides is 3. The zero-order valence-corrected chi connectivity index (χ0v) is 16.1. The molecule has 0 saturated carbocycles. The molecule has 3 N–H and O–H groups in total. The molecule has 1 unspecified atom stereocenters. The van der Waals surface area contributed by atoms with Crippen LogP contribution in [0.4, 0.5) is 18.9 Å². The minimum absolute atomic E-state index is 0. The number of benzene rings is 1. The first-order valence-corrected chi connectivity index (χ1v) is 8.66. The number of aromatic nitrogens is 2. The lowest BCUT2D eigenvalue weighted by Crippen LogP contribution is -2.42. The van der Waals surface area contributed by atoms with Crippen LogP contribution < -0.4 is 21.1 Å². The Balaban J connectivity index is 0.00000280. The summed E-state index contributed by atoms with van der Waals surface area (Å²) < 4.78 is 47.3. The third-order valence-corrected chi connectivity index (χ3v) is 4.77. The number of hydrogen-bond acceptors (Lipinski definition) is 6. The van der Waals surface area contributed by atoms with Gasteiger partial charge in [0, 0.05) is 11.6 Å². The number of nitrogens with zero attached hydrogens (tertiary/aromatic N) is 1. The molecule has 2 heterocycles. The van der Waals surface area contributed by atoms with Crippen molar-refractivity contribution in [2.45, 2.75) is 32.7 Å². The van der Waals surface area contributed by atoms with E-state index in [-0.39, 0.29) is 41.7 Å². The van der Waals surface area contributed by atoms with Crippen LogP contribution in [0.1, 0.15) is 20.3 Å². The van der Waals surface area contributed by atoms with E-state index in [1.165, 1.54) is 18.2 Å². The number of aromatic amines is 1. The van der Waals surface area contributed by atoms with E-state index in [1.54, 1.807) is 0 Å². The summed E-state index contributed by atoms with van der Waals surface area (Å²) in [5.41, 5.74) is 0.518. The third-order valence-electron chi connectivity index (χ3n) is 4.77. The smallest absolute Gasteiger partial charge is 0.404 e. The maximum Gasteiger partial charge on any atom is 0.573 e. The number of piperidine rings is 1. The standard InChI is InChI=1S/C17H21F3N4O3.ClH/c1-9-8-21-6-5-12(9)10(2)22-13-7-11(15-23-24-16(25)26-15)3-4-14(13)27-17(18,19)20;/h3-4,7,9-10,12,21-22H,5-6,8H2,1-2H3,(H,24,25);1H/t9-,10?,12+;/m1./s1. The number of rotatable bonds is 5. The van der Waals surface area contributed by atoms with Crippen LogP contribution in [-0.2, 0) is 0 Å². The van der Waals surface area contributed by atoms with Crippen molar-refractivity contribution < 1.29 is 22.3 Å². The van der Waals surface area contributed by atoms with Crippen molar-refractivity contribution in [3.05, 3.63) is 28.7 Å². The molecule has 1 aliphatic rings. The van der Waals surface area contributed by atoms with E-state index in [2.05, 4.69) is 32.5 Å². The maximum atomic E-state index is 12.8. The van der Waals surface area contributed by atoms with Gasteiger partial charge in [0.05, 0.1) is 5.69 Å². The number of halogens is 4. The first-order chi connectivity index (χ1) is 12.7. The normalized spacial score (nSPS) is 20.9. The summed E-state index contributed by atoms with van der Waals surface area (Å²) in [7, 11) is 0. The van der Waals surface area contributed by atoms with Gasteiger partial charge in [-0.15, -0.1) is 30.7 Å². The van der Waals surface area contributed by atoms with Crippen molar-refractivity contribution >= 4 is 18.1 Å². The van der Waals surface area contributed by atoms with E-state index >= 15 is 0 Å². The number of anilines is 1. The molecule has 11 heteroatoms. The molecule has 0 spiro atoms. The Kier molecular flexibility index (Phi) is 7.00. The third kappa shape index (κ3) is 5.41. The second kappa shape index (κ2) is 8.87. The van der Waals surface area contributed by atoms with Crippen molar-refractivity contribution in [1.82, 2.24) is 15.5 Å². The molecule has 0 amide bonds. The molecule has 0 radical (unpaired) electrons. The van der Waals surface area contributed by atoms with E-state index in [1.807, 2.05) is 6.92 Å². The van der Waals surface area contributed by atoms with Gasteiger partial charge < -0.3 is 19.8 Å². The minimum Gasteiger partial charge on any atom is -0.404 e. The van der Waals surface area contributed by atoms with Gasteiger partial charge in [-0.1, -0.05) is 6.92 Å². The Morgan fingerprint density at radius 1 is 1.39 bits per heavy atom. The number of hydrogen-bond donors (Lipinski definition) is 3. The molecule has 3 rings (SSSR count). The molecule has 156 valence electrons. The first kappa shape index (κ1) is 22.1. The molecule has 7 nitrogen and oxygen atoms in total. The predicted octanol–water partition coefficient (Wildman–Crippen LogP) is 3.40. The van der Waals surface area contributed by atoms with Crippen LogP contribution in [0.15, 0.2) is 27.4 Å². The summed E-state index contributed by atoms with van der Waals surface area (Å²) in [5, 5.41) is 12.3. The highest BCUT2D eigenvalue weighted by Crippen LogP contribution is 2.35. The van der Waals surface area contributed by atoms with Crippen molar-refractivity contribution in [1.29, 1.82) is 0 Å². The lowest BCUT2D eigenvalue weighted by Gasteiger charge is -2.35. The molecule has 1 aromatic carbocycles. The molecule has 1 aromatic heterocycles. The van der Waals surface area contributed by atoms with Crippen LogP contribution in [0, 0.1) is 11.8 Å². The fraction of sp³-hybridized carbons (Fsp3) is 0.529. The Morgan fingerprint density at radius 2 is 2.14 bits per heavy atom. The summed E-state index contributed by atoms with van der Waals surface area (Å²) in [6.07, 6.45) is -3.90. The first-order valence-electron chi connectivity index (χ1n) is 8.66. The minimum atomic E-state index is -4.82. The van der Waals surface area contributed by atoms with Gasteiger partial charge in [-0.2, -0.15) is 0 Å². The fourth-order valence-corrected chi connectivity index (χ4v) is 3.47. The van der Waals surface area contributed by atoms with Crippen molar-refractivity contribution in [3.8, 4) is 17.2 Å². The average Bonchev–Trinajstić information content (AvgIpc) is 3.02. The summed E-state index contributed by atoms with van der Waals surface area (Å²) >= 11 is 0. The van der Waals surface area contributed by atoms with Crippen molar-refractivity contribution in [2.24, 2.45) is 11.8 Å². The second-order valence-electron chi connectivity index (χ2n) is 6.74. The number of nitrogens with one attached hydrogen (secondary N) is 3. The fourth-order valence-electron chi connectivity index (χ4n) is 3.47. The van der Waals surface area contributed by atoms with Crippen LogP contribution in [0.3, 0.4) is 0 Å². The second-order valence-corrected chi connectivity index (χ2v) is 6.74. The molecule has 28 heavy (non-hydrogen) atoms.